The lowest BCUT2D eigenvalue weighted by Gasteiger charge is -2.32. The topological polar surface area (TPSA) is 99.3 Å². The molecule has 0 radical (unpaired) electrons. The van der Waals surface area contributed by atoms with Crippen LogP contribution in [0.5, 0.6) is 0 Å². The number of halogens is 1. The Balaban J connectivity index is 1.75. The summed E-state index contributed by atoms with van der Waals surface area (Å²) in [6.45, 7) is 4.44. The SMILES string of the molecule is CC(C)(NC(=O)[C@@H]1CN[C@H](CO)CO1)c1[nH]nc2c(Cl)cccc12. The molecule has 0 bridgehead atoms. The summed E-state index contributed by atoms with van der Waals surface area (Å²) in [6.07, 6.45) is -0.593. The van der Waals surface area contributed by atoms with Gasteiger partial charge in [0, 0.05) is 11.9 Å². The van der Waals surface area contributed by atoms with Gasteiger partial charge >= 0.3 is 0 Å². The molecule has 0 aliphatic carbocycles. The van der Waals surface area contributed by atoms with Gasteiger partial charge in [-0.15, -0.1) is 0 Å². The smallest absolute Gasteiger partial charge is 0.251 e. The van der Waals surface area contributed by atoms with E-state index >= 15 is 0 Å². The number of H-pyrrole nitrogens is 1. The summed E-state index contributed by atoms with van der Waals surface area (Å²) >= 11 is 6.16. The molecule has 2 atom stereocenters. The lowest BCUT2D eigenvalue weighted by atomic mass is 9.96. The number of para-hydroxylation sites is 1. The molecule has 7 nitrogen and oxygen atoms in total. The molecule has 1 aliphatic rings. The van der Waals surface area contributed by atoms with Gasteiger partial charge in [0.15, 0.2) is 0 Å². The number of aliphatic hydroxyl groups excluding tert-OH is 1. The minimum atomic E-state index is -0.673. The quantitative estimate of drug-likeness (QED) is 0.655. The van der Waals surface area contributed by atoms with E-state index in [-0.39, 0.29) is 18.6 Å². The van der Waals surface area contributed by atoms with Crippen LogP contribution in [0.2, 0.25) is 5.02 Å². The number of morpholine rings is 1. The second-order valence-corrected chi connectivity index (χ2v) is 6.87. The third-order valence-electron chi connectivity index (χ3n) is 4.20. The fourth-order valence-corrected chi connectivity index (χ4v) is 3.06. The molecular weight excluding hydrogens is 332 g/mol. The van der Waals surface area contributed by atoms with E-state index in [2.05, 4.69) is 20.8 Å². The van der Waals surface area contributed by atoms with Crippen LogP contribution in [0, 0.1) is 0 Å². The van der Waals surface area contributed by atoms with Gasteiger partial charge in [-0.25, -0.2) is 0 Å². The van der Waals surface area contributed by atoms with Crippen molar-refractivity contribution in [3.05, 3.63) is 28.9 Å². The number of fused-ring (bicyclic) bond motifs is 1. The second kappa shape index (κ2) is 6.68. The first-order valence-corrected chi connectivity index (χ1v) is 8.21. The number of ether oxygens (including phenoxy) is 1. The maximum Gasteiger partial charge on any atom is 0.251 e. The maximum absolute atomic E-state index is 12.5. The minimum absolute atomic E-state index is 0.0132. The van der Waals surface area contributed by atoms with Crippen molar-refractivity contribution < 1.29 is 14.6 Å². The number of carbonyl (C=O) groups is 1. The van der Waals surface area contributed by atoms with Gasteiger partial charge in [0.2, 0.25) is 0 Å². The average molecular weight is 353 g/mol. The number of hydrogen-bond donors (Lipinski definition) is 4. The van der Waals surface area contributed by atoms with Crippen molar-refractivity contribution in [1.82, 2.24) is 20.8 Å². The van der Waals surface area contributed by atoms with Gasteiger partial charge in [-0.2, -0.15) is 5.10 Å². The van der Waals surface area contributed by atoms with Gasteiger partial charge in [-0.1, -0.05) is 23.7 Å². The van der Waals surface area contributed by atoms with E-state index in [0.717, 1.165) is 11.1 Å². The van der Waals surface area contributed by atoms with E-state index < -0.39 is 11.6 Å². The normalized spacial score (nSPS) is 21.8. The fourth-order valence-electron chi connectivity index (χ4n) is 2.84. The molecule has 1 aromatic carbocycles. The highest BCUT2D eigenvalue weighted by Gasteiger charge is 2.33. The summed E-state index contributed by atoms with van der Waals surface area (Å²) in [4.78, 5) is 12.5. The van der Waals surface area contributed by atoms with Crippen LogP contribution in [0.3, 0.4) is 0 Å². The summed E-state index contributed by atoms with van der Waals surface area (Å²) in [7, 11) is 0. The van der Waals surface area contributed by atoms with Crippen LogP contribution in [0.1, 0.15) is 19.5 Å². The van der Waals surface area contributed by atoms with E-state index in [9.17, 15) is 4.79 Å². The Morgan fingerprint density at radius 2 is 2.33 bits per heavy atom. The van der Waals surface area contributed by atoms with Crippen molar-refractivity contribution in [2.45, 2.75) is 31.5 Å². The summed E-state index contributed by atoms with van der Waals surface area (Å²) in [5.41, 5.74) is 0.788. The number of aromatic amines is 1. The zero-order valence-corrected chi connectivity index (χ0v) is 14.4. The van der Waals surface area contributed by atoms with Crippen LogP contribution in [0.25, 0.3) is 10.9 Å². The fraction of sp³-hybridized carbons (Fsp3) is 0.500. The Bertz CT molecular complexity index is 738. The number of carbonyl (C=O) groups excluding carboxylic acids is 1. The van der Waals surface area contributed by atoms with E-state index in [1.54, 1.807) is 6.07 Å². The Morgan fingerprint density at radius 3 is 3.00 bits per heavy atom. The largest absolute Gasteiger partial charge is 0.395 e. The monoisotopic (exact) mass is 352 g/mol. The van der Waals surface area contributed by atoms with Crippen molar-refractivity contribution in [2.24, 2.45) is 0 Å². The molecule has 1 aliphatic heterocycles. The highest BCUT2D eigenvalue weighted by molar-refractivity contribution is 6.35. The summed E-state index contributed by atoms with van der Waals surface area (Å²) in [5.74, 6) is -0.214. The van der Waals surface area contributed by atoms with Gasteiger partial charge in [0.05, 0.1) is 35.5 Å². The first-order chi connectivity index (χ1) is 11.4. The van der Waals surface area contributed by atoms with Crippen LogP contribution >= 0.6 is 11.6 Å². The van der Waals surface area contributed by atoms with Gasteiger partial charge in [0.25, 0.3) is 5.91 Å². The predicted molar refractivity (Wildman–Crippen MR) is 90.9 cm³/mol. The molecule has 1 amide bonds. The van der Waals surface area contributed by atoms with Crippen molar-refractivity contribution in [2.75, 3.05) is 19.8 Å². The lowest BCUT2D eigenvalue weighted by Crippen LogP contribution is -2.56. The molecule has 1 saturated heterocycles. The summed E-state index contributed by atoms with van der Waals surface area (Å²) in [6, 6.07) is 5.42. The minimum Gasteiger partial charge on any atom is -0.395 e. The van der Waals surface area contributed by atoms with Gasteiger partial charge < -0.3 is 20.5 Å². The molecule has 0 spiro atoms. The first kappa shape index (κ1) is 17.2. The Labute approximate surface area is 144 Å². The van der Waals surface area contributed by atoms with Crippen LogP contribution in [-0.2, 0) is 15.1 Å². The van der Waals surface area contributed by atoms with E-state index in [1.807, 2.05) is 26.0 Å². The van der Waals surface area contributed by atoms with Crippen molar-refractivity contribution >= 4 is 28.4 Å². The molecule has 4 N–H and O–H groups in total. The third kappa shape index (κ3) is 3.25. The Kier molecular flexibility index (Phi) is 4.78. The van der Waals surface area contributed by atoms with Crippen molar-refractivity contribution in [3.63, 3.8) is 0 Å². The number of nitrogens with zero attached hydrogens (tertiary/aromatic N) is 1. The average Bonchev–Trinajstić information content (AvgIpc) is 3.01. The number of aliphatic hydroxyl groups is 1. The number of hydrogen-bond acceptors (Lipinski definition) is 5. The van der Waals surface area contributed by atoms with Crippen LogP contribution < -0.4 is 10.6 Å². The van der Waals surface area contributed by atoms with E-state index in [1.165, 1.54) is 0 Å². The molecule has 2 aromatic rings. The number of amides is 1. The molecule has 3 rings (SSSR count). The number of benzene rings is 1. The Hall–Kier alpha value is -1.67. The number of aromatic nitrogens is 2. The van der Waals surface area contributed by atoms with Crippen LogP contribution in [0.15, 0.2) is 18.2 Å². The van der Waals surface area contributed by atoms with Crippen molar-refractivity contribution in [1.29, 1.82) is 0 Å². The molecule has 0 saturated carbocycles. The zero-order chi connectivity index (χ0) is 17.3. The highest BCUT2D eigenvalue weighted by atomic mass is 35.5. The predicted octanol–water partition coefficient (Wildman–Crippen LogP) is 0.917. The van der Waals surface area contributed by atoms with E-state index in [0.29, 0.717) is 23.7 Å². The van der Waals surface area contributed by atoms with Crippen LogP contribution in [0.4, 0.5) is 0 Å². The second-order valence-electron chi connectivity index (χ2n) is 6.46. The molecule has 2 heterocycles. The molecule has 24 heavy (non-hydrogen) atoms. The zero-order valence-electron chi connectivity index (χ0n) is 13.6. The molecule has 0 unspecified atom stereocenters. The van der Waals surface area contributed by atoms with E-state index in [4.69, 9.17) is 21.4 Å². The molecular formula is C16H21ClN4O3. The molecule has 130 valence electrons. The number of nitrogens with one attached hydrogen (secondary N) is 3. The standard InChI is InChI=1S/C16H21ClN4O3/c1-16(2,14-10-4-3-5-11(17)13(10)20-21-14)19-15(23)12-6-18-9(7-22)8-24-12/h3-5,9,12,18,22H,6-8H2,1-2H3,(H,19,23)(H,20,21)/t9-,12+/m1/s1. The van der Waals surface area contributed by atoms with Gasteiger partial charge in [-0.3, -0.25) is 9.89 Å². The molecule has 1 fully saturated rings. The van der Waals surface area contributed by atoms with Crippen molar-refractivity contribution in [3.8, 4) is 0 Å². The van der Waals surface area contributed by atoms with Gasteiger partial charge in [-0.05, 0) is 19.9 Å². The maximum atomic E-state index is 12.5. The number of rotatable bonds is 4. The van der Waals surface area contributed by atoms with Crippen LogP contribution in [-0.4, -0.2) is 53.1 Å². The third-order valence-corrected chi connectivity index (χ3v) is 4.50. The summed E-state index contributed by atoms with van der Waals surface area (Å²) in [5, 5.41) is 23.8. The lowest BCUT2D eigenvalue weighted by molar-refractivity contribution is -0.137. The Morgan fingerprint density at radius 1 is 1.54 bits per heavy atom. The molecule has 8 heteroatoms. The molecule has 1 aromatic heterocycles. The summed E-state index contributed by atoms with van der Waals surface area (Å²) < 4.78 is 5.53. The van der Waals surface area contributed by atoms with Gasteiger partial charge in [0.1, 0.15) is 11.6 Å². The highest BCUT2D eigenvalue weighted by Crippen LogP contribution is 2.30. The first-order valence-electron chi connectivity index (χ1n) is 7.83.